The third kappa shape index (κ3) is 3.01. The number of fused-ring (bicyclic) bond motifs is 3. The first-order chi connectivity index (χ1) is 12.7. The van der Waals surface area contributed by atoms with E-state index in [1.165, 1.54) is 12.8 Å². The Balaban J connectivity index is 1.27. The average molecular weight is 350 g/mol. The van der Waals surface area contributed by atoms with Gasteiger partial charge in [0.1, 0.15) is 0 Å². The van der Waals surface area contributed by atoms with Crippen LogP contribution < -0.4 is 10.6 Å². The third-order valence-corrected chi connectivity index (χ3v) is 5.56. The van der Waals surface area contributed by atoms with Gasteiger partial charge in [-0.2, -0.15) is 0 Å². The van der Waals surface area contributed by atoms with Crippen molar-refractivity contribution in [3.63, 3.8) is 0 Å². The zero-order valence-corrected chi connectivity index (χ0v) is 14.5. The fourth-order valence-electron chi connectivity index (χ4n) is 4.43. The van der Waals surface area contributed by atoms with Crippen LogP contribution in [0.1, 0.15) is 32.1 Å². The lowest BCUT2D eigenvalue weighted by molar-refractivity contribution is -0.117. The number of piperidine rings is 1. The number of furan rings is 1. The van der Waals surface area contributed by atoms with Gasteiger partial charge in [0.15, 0.2) is 11.6 Å². The van der Waals surface area contributed by atoms with Gasteiger partial charge in [-0.15, -0.1) is 0 Å². The van der Waals surface area contributed by atoms with Crippen LogP contribution in [0.2, 0.25) is 0 Å². The Hall–Kier alpha value is -2.60. The Morgan fingerprint density at radius 1 is 1.23 bits per heavy atom. The van der Waals surface area contributed by atoms with E-state index in [9.17, 15) is 4.79 Å². The summed E-state index contributed by atoms with van der Waals surface area (Å²) in [6, 6.07) is 10.7. The number of hydrogen-bond acceptors (Lipinski definition) is 4. The molecule has 1 aromatic carbocycles. The third-order valence-electron chi connectivity index (χ3n) is 5.56. The molecule has 2 aromatic heterocycles. The van der Waals surface area contributed by atoms with Crippen LogP contribution in [0.3, 0.4) is 0 Å². The fourth-order valence-corrected chi connectivity index (χ4v) is 4.43. The molecular weight excluding hydrogens is 328 g/mol. The number of anilines is 1. The molecule has 2 saturated heterocycles. The molecule has 3 N–H and O–H groups in total. The van der Waals surface area contributed by atoms with Crippen LogP contribution in [0, 0.1) is 5.92 Å². The number of H-pyrrole nitrogens is 1. The lowest BCUT2D eigenvalue weighted by Gasteiger charge is -2.28. The van der Waals surface area contributed by atoms with Crippen molar-refractivity contribution < 1.29 is 9.21 Å². The van der Waals surface area contributed by atoms with Crippen molar-refractivity contribution in [1.82, 2.24) is 15.3 Å². The van der Waals surface area contributed by atoms with E-state index in [0.29, 0.717) is 36.0 Å². The highest BCUT2D eigenvalue weighted by Crippen LogP contribution is 2.33. The van der Waals surface area contributed by atoms with Crippen molar-refractivity contribution in [2.75, 3.05) is 5.32 Å². The van der Waals surface area contributed by atoms with Crippen molar-refractivity contribution in [2.24, 2.45) is 5.92 Å². The topological polar surface area (TPSA) is 82.9 Å². The smallest absolute Gasteiger partial charge is 0.224 e. The van der Waals surface area contributed by atoms with Crippen molar-refractivity contribution in [2.45, 2.75) is 44.2 Å². The first-order valence-electron chi connectivity index (χ1n) is 9.32. The van der Waals surface area contributed by atoms with E-state index in [1.54, 1.807) is 6.26 Å². The maximum absolute atomic E-state index is 12.5. The van der Waals surface area contributed by atoms with Crippen molar-refractivity contribution in [1.29, 1.82) is 0 Å². The minimum atomic E-state index is 0.0985. The number of carbonyl (C=O) groups excluding carboxylic acids is 1. The molecule has 2 bridgehead atoms. The Bertz CT molecular complexity index is 919. The molecule has 0 radical (unpaired) electrons. The second-order valence-electron chi connectivity index (χ2n) is 7.52. The molecule has 134 valence electrons. The number of imidazole rings is 1. The lowest BCUT2D eigenvalue weighted by Crippen LogP contribution is -2.39. The summed E-state index contributed by atoms with van der Waals surface area (Å²) in [5.74, 6) is 1.99. The highest BCUT2D eigenvalue weighted by molar-refractivity contribution is 5.93. The zero-order valence-electron chi connectivity index (χ0n) is 14.5. The second kappa shape index (κ2) is 6.29. The minimum Gasteiger partial charge on any atom is -0.461 e. The maximum Gasteiger partial charge on any atom is 0.224 e. The van der Waals surface area contributed by atoms with Crippen molar-refractivity contribution in [3.8, 4) is 11.6 Å². The number of benzene rings is 1. The van der Waals surface area contributed by atoms with Gasteiger partial charge in [-0.25, -0.2) is 4.98 Å². The van der Waals surface area contributed by atoms with Crippen LogP contribution in [0.25, 0.3) is 22.6 Å². The number of aromatic amines is 1. The van der Waals surface area contributed by atoms with Gasteiger partial charge in [-0.1, -0.05) is 0 Å². The summed E-state index contributed by atoms with van der Waals surface area (Å²) in [6.45, 7) is 0. The van der Waals surface area contributed by atoms with Gasteiger partial charge in [0.05, 0.1) is 17.3 Å². The van der Waals surface area contributed by atoms with E-state index in [1.807, 2.05) is 30.3 Å². The summed E-state index contributed by atoms with van der Waals surface area (Å²) in [5, 5.41) is 6.67. The van der Waals surface area contributed by atoms with Gasteiger partial charge in [0, 0.05) is 24.2 Å². The number of rotatable bonds is 4. The minimum absolute atomic E-state index is 0.0985. The van der Waals surface area contributed by atoms with E-state index in [-0.39, 0.29) is 5.91 Å². The van der Waals surface area contributed by atoms with E-state index in [4.69, 9.17) is 4.42 Å². The number of carbonyl (C=O) groups is 1. The van der Waals surface area contributed by atoms with Crippen LogP contribution in [0.15, 0.2) is 41.0 Å². The first kappa shape index (κ1) is 15.6. The molecule has 1 amide bonds. The molecule has 4 heterocycles. The predicted octanol–water partition coefficient (Wildman–Crippen LogP) is 3.68. The summed E-state index contributed by atoms with van der Waals surface area (Å²) in [5.41, 5.74) is 2.53. The van der Waals surface area contributed by atoms with Crippen LogP contribution >= 0.6 is 0 Å². The molecule has 26 heavy (non-hydrogen) atoms. The Morgan fingerprint density at radius 2 is 2.08 bits per heavy atom. The molecule has 0 aliphatic carbocycles. The normalized spacial score (nSPS) is 24.8. The number of amides is 1. The first-order valence-corrected chi connectivity index (χ1v) is 9.32. The molecule has 6 nitrogen and oxygen atoms in total. The maximum atomic E-state index is 12.5. The van der Waals surface area contributed by atoms with Gasteiger partial charge < -0.3 is 20.0 Å². The van der Waals surface area contributed by atoms with E-state index >= 15 is 0 Å². The fraction of sp³-hybridized carbons (Fsp3) is 0.400. The molecular formula is C20H22N4O2. The van der Waals surface area contributed by atoms with Gasteiger partial charge in [0.2, 0.25) is 5.91 Å². The van der Waals surface area contributed by atoms with Crippen LogP contribution in [0.5, 0.6) is 0 Å². The average Bonchev–Trinajstić information content (AvgIpc) is 3.34. The largest absolute Gasteiger partial charge is 0.461 e. The van der Waals surface area contributed by atoms with Crippen molar-refractivity contribution >= 4 is 22.6 Å². The Morgan fingerprint density at radius 3 is 2.85 bits per heavy atom. The molecule has 0 saturated carbocycles. The Labute approximate surface area is 151 Å². The molecule has 2 atom stereocenters. The second-order valence-corrected chi connectivity index (χ2v) is 7.52. The lowest BCUT2D eigenvalue weighted by atomic mass is 9.89. The summed E-state index contributed by atoms with van der Waals surface area (Å²) >= 11 is 0. The summed E-state index contributed by atoms with van der Waals surface area (Å²) in [6.07, 6.45) is 7.00. The van der Waals surface area contributed by atoms with Gasteiger partial charge >= 0.3 is 0 Å². The summed E-state index contributed by atoms with van der Waals surface area (Å²) < 4.78 is 5.38. The number of hydrogen-bond donors (Lipinski definition) is 3. The molecule has 2 fully saturated rings. The summed E-state index contributed by atoms with van der Waals surface area (Å²) in [4.78, 5) is 20.2. The highest BCUT2D eigenvalue weighted by atomic mass is 16.3. The zero-order chi connectivity index (χ0) is 17.5. The number of nitrogens with zero attached hydrogens (tertiary/aromatic N) is 1. The molecule has 0 spiro atoms. The van der Waals surface area contributed by atoms with Crippen LogP contribution in [-0.2, 0) is 4.79 Å². The van der Waals surface area contributed by atoms with Gasteiger partial charge in [-0.3, -0.25) is 4.79 Å². The molecule has 5 rings (SSSR count). The molecule has 2 aliphatic heterocycles. The quantitative estimate of drug-likeness (QED) is 0.670. The van der Waals surface area contributed by atoms with Crippen molar-refractivity contribution in [3.05, 3.63) is 36.6 Å². The molecule has 6 heteroatoms. The SMILES string of the molecule is O=C(CC1CC2CCC(C1)N2)Nc1ccc2nc(-c3ccco3)[nH]c2c1. The number of nitrogens with one attached hydrogen (secondary N) is 3. The molecule has 3 aromatic rings. The van der Waals surface area contributed by atoms with Crippen LogP contribution in [0.4, 0.5) is 5.69 Å². The van der Waals surface area contributed by atoms with E-state index < -0.39 is 0 Å². The van der Waals surface area contributed by atoms with E-state index in [0.717, 1.165) is 29.6 Å². The Kier molecular flexibility index (Phi) is 3.78. The molecule has 2 aliphatic rings. The van der Waals surface area contributed by atoms with Gasteiger partial charge in [0.25, 0.3) is 0 Å². The van der Waals surface area contributed by atoms with Crippen LogP contribution in [-0.4, -0.2) is 28.0 Å². The monoisotopic (exact) mass is 350 g/mol. The predicted molar refractivity (Wildman–Crippen MR) is 99.7 cm³/mol. The molecule has 2 unspecified atom stereocenters. The standard InChI is InChI=1S/C20H22N4O2/c25-19(10-12-8-13-3-4-14(9-12)21-13)22-15-5-6-16-17(11-15)24-20(23-16)18-2-1-7-26-18/h1-2,5-7,11-14,21H,3-4,8-10H2,(H,22,25)(H,23,24). The number of aromatic nitrogens is 2. The highest BCUT2D eigenvalue weighted by Gasteiger charge is 2.34. The van der Waals surface area contributed by atoms with Gasteiger partial charge in [-0.05, 0) is 61.9 Å². The summed E-state index contributed by atoms with van der Waals surface area (Å²) in [7, 11) is 0. The van der Waals surface area contributed by atoms with E-state index in [2.05, 4.69) is 20.6 Å².